The fourth-order valence-corrected chi connectivity index (χ4v) is 7.99. The van der Waals surface area contributed by atoms with E-state index in [0.717, 1.165) is 54.8 Å². The summed E-state index contributed by atoms with van der Waals surface area (Å²) in [6, 6.07) is 58.7. The topological polar surface area (TPSA) is 3.24 Å². The van der Waals surface area contributed by atoms with Gasteiger partial charge in [-0.25, -0.2) is 0 Å². The van der Waals surface area contributed by atoms with E-state index >= 15 is 0 Å². The first-order chi connectivity index (χ1) is 26.5. The molecule has 1 nitrogen and oxygen atoms in total. The smallest absolute Gasteiger partial charge is 0.0645 e. The van der Waals surface area contributed by atoms with Gasteiger partial charge in [0, 0.05) is 37.1 Å². The maximum absolute atomic E-state index is 9.64. The molecule has 0 atom stereocenters. The highest BCUT2D eigenvalue weighted by Gasteiger charge is 2.23. The molecular formula is C48H33NS. The summed E-state index contributed by atoms with van der Waals surface area (Å²) in [6.45, 7) is 0. The van der Waals surface area contributed by atoms with Gasteiger partial charge in [-0.3, -0.25) is 0 Å². The molecule has 1 aromatic heterocycles. The molecule has 0 radical (unpaired) electrons. The highest BCUT2D eigenvalue weighted by atomic mass is 32.1. The van der Waals surface area contributed by atoms with Gasteiger partial charge in [-0.05, 0) is 75.3 Å². The van der Waals surface area contributed by atoms with E-state index in [-0.39, 0.29) is 35.4 Å². The minimum Gasteiger partial charge on any atom is -0.310 e. The van der Waals surface area contributed by atoms with Gasteiger partial charge in [-0.1, -0.05) is 164 Å². The van der Waals surface area contributed by atoms with Crippen LogP contribution >= 0.6 is 11.3 Å². The first kappa shape index (κ1) is 25.8. The van der Waals surface area contributed by atoms with Crippen LogP contribution < -0.4 is 4.90 Å². The van der Waals surface area contributed by atoms with E-state index in [9.17, 15) is 5.48 Å². The van der Waals surface area contributed by atoms with Gasteiger partial charge < -0.3 is 4.90 Å². The van der Waals surface area contributed by atoms with Crippen LogP contribution in [0.4, 0.5) is 17.1 Å². The van der Waals surface area contributed by atoms with E-state index in [1.54, 1.807) is 11.3 Å². The van der Waals surface area contributed by atoms with Crippen molar-refractivity contribution in [3.05, 3.63) is 200 Å². The Hall–Kier alpha value is -6.22. The number of hydrogen-bond donors (Lipinski definition) is 0. The molecule has 0 bridgehead atoms. The van der Waals surface area contributed by atoms with Gasteiger partial charge in [0.15, 0.2) is 0 Å². The van der Waals surface area contributed by atoms with Crippen LogP contribution in [0.25, 0.3) is 64.7 Å². The summed E-state index contributed by atoms with van der Waals surface area (Å²) in [4.78, 5) is 1.95. The largest absolute Gasteiger partial charge is 0.310 e. The number of thiophene rings is 1. The maximum atomic E-state index is 9.64. The van der Waals surface area contributed by atoms with Crippen molar-refractivity contribution in [2.24, 2.45) is 0 Å². The fourth-order valence-electron chi connectivity index (χ4n) is 6.85. The van der Waals surface area contributed by atoms with Crippen molar-refractivity contribution in [2.45, 2.75) is 0 Å². The molecule has 0 aliphatic heterocycles. The second-order valence-corrected chi connectivity index (χ2v) is 13.3. The van der Waals surface area contributed by atoms with Crippen molar-refractivity contribution in [2.75, 3.05) is 4.90 Å². The number of nitrogens with zero attached hydrogens (tertiary/aromatic N) is 1. The lowest BCUT2D eigenvalue weighted by Gasteiger charge is -2.30. The molecule has 9 rings (SSSR count). The Morgan fingerprint density at radius 1 is 0.380 bits per heavy atom. The van der Waals surface area contributed by atoms with E-state index in [2.05, 4.69) is 84.9 Å². The molecule has 8 aromatic carbocycles. The predicted octanol–water partition coefficient (Wildman–Crippen LogP) is 14.2. The SMILES string of the molecule is [2H]c1c([2H])c(N(c2ccc3c(c2)sc2ccccc23)c2cccc(-c3ccccc3)c2-c2ccccc2-c2ccccc2)c([2H])c([2H])c1-c1ccccc1. The molecule has 0 spiro atoms. The Morgan fingerprint density at radius 3 is 1.66 bits per heavy atom. The standard InChI is InChI=1S/C48H33NS/c1-4-15-34(16-5-1)35-27-29-38(30-28-35)49(39-31-32-43-42-22-12-13-26-46(42)50-47(43)33-39)45-25-14-24-41(37-19-8-3-9-20-37)48(45)44-23-11-10-21-40(44)36-17-6-2-7-18-36/h1-33H/i27D,28D,29D,30D. The van der Waals surface area contributed by atoms with Crippen LogP contribution in [0.15, 0.2) is 200 Å². The highest BCUT2D eigenvalue weighted by Crippen LogP contribution is 2.49. The highest BCUT2D eigenvalue weighted by molar-refractivity contribution is 7.25. The number of hydrogen-bond acceptors (Lipinski definition) is 2. The van der Waals surface area contributed by atoms with E-state index in [4.69, 9.17) is 0 Å². The zero-order valence-electron chi connectivity index (χ0n) is 31.1. The molecule has 0 aliphatic carbocycles. The van der Waals surface area contributed by atoms with Crippen molar-refractivity contribution in [3.63, 3.8) is 0 Å². The van der Waals surface area contributed by atoms with Crippen molar-refractivity contribution in [3.8, 4) is 44.5 Å². The second-order valence-electron chi connectivity index (χ2n) is 12.2. The average molecular weight is 660 g/mol. The Labute approximate surface area is 302 Å². The molecule has 236 valence electrons. The van der Waals surface area contributed by atoms with Crippen molar-refractivity contribution in [1.82, 2.24) is 0 Å². The third kappa shape index (κ3) is 5.46. The monoisotopic (exact) mass is 659 g/mol. The predicted molar refractivity (Wildman–Crippen MR) is 216 cm³/mol. The lowest BCUT2D eigenvalue weighted by atomic mass is 9.87. The molecule has 50 heavy (non-hydrogen) atoms. The van der Waals surface area contributed by atoms with Crippen molar-refractivity contribution in [1.29, 1.82) is 0 Å². The maximum Gasteiger partial charge on any atom is 0.0645 e. The van der Waals surface area contributed by atoms with Crippen LogP contribution in [-0.4, -0.2) is 0 Å². The Bertz CT molecular complexity index is 2790. The minimum atomic E-state index is -0.112. The Balaban J connectivity index is 1.40. The molecular weight excluding hydrogens is 623 g/mol. The number of anilines is 3. The van der Waals surface area contributed by atoms with Crippen LogP contribution in [-0.2, 0) is 0 Å². The van der Waals surface area contributed by atoms with Crippen molar-refractivity contribution < 1.29 is 5.48 Å². The number of rotatable bonds is 7. The second kappa shape index (κ2) is 13.0. The Morgan fingerprint density at radius 2 is 0.940 bits per heavy atom. The number of benzene rings is 8. The fraction of sp³-hybridized carbons (Fsp3) is 0. The molecule has 2 heteroatoms. The van der Waals surface area contributed by atoms with E-state index in [0.29, 0.717) is 5.56 Å². The molecule has 0 N–H and O–H groups in total. The van der Waals surface area contributed by atoms with Gasteiger partial charge in [0.2, 0.25) is 0 Å². The van der Waals surface area contributed by atoms with E-state index in [1.807, 2.05) is 95.9 Å². The quantitative estimate of drug-likeness (QED) is 0.165. The molecule has 0 amide bonds. The van der Waals surface area contributed by atoms with Gasteiger partial charge in [0.05, 0.1) is 11.2 Å². The summed E-state index contributed by atoms with van der Waals surface area (Å²) in [6.07, 6.45) is 0. The molecule has 1 heterocycles. The molecule has 0 saturated carbocycles. The average Bonchev–Trinajstić information content (AvgIpc) is 3.60. The first-order valence-electron chi connectivity index (χ1n) is 18.7. The molecule has 0 fully saturated rings. The third-order valence-electron chi connectivity index (χ3n) is 9.17. The zero-order chi connectivity index (χ0) is 36.8. The van der Waals surface area contributed by atoms with Crippen LogP contribution in [0.2, 0.25) is 0 Å². The first-order valence-corrected chi connectivity index (χ1v) is 17.5. The van der Waals surface area contributed by atoms with Crippen LogP contribution in [0.3, 0.4) is 0 Å². The summed E-state index contributed by atoms with van der Waals surface area (Å²) in [5, 5.41) is 2.31. The van der Waals surface area contributed by atoms with Gasteiger partial charge in [-0.2, -0.15) is 0 Å². The van der Waals surface area contributed by atoms with E-state index < -0.39 is 0 Å². The van der Waals surface area contributed by atoms with Crippen LogP contribution in [0.1, 0.15) is 5.48 Å². The van der Waals surface area contributed by atoms with Gasteiger partial charge in [0.1, 0.15) is 0 Å². The summed E-state index contributed by atoms with van der Waals surface area (Å²) in [5.74, 6) is 0. The van der Waals surface area contributed by atoms with Crippen LogP contribution in [0, 0.1) is 0 Å². The normalized spacial score (nSPS) is 12.3. The summed E-state index contributed by atoms with van der Waals surface area (Å²) in [5.41, 5.74) is 8.62. The third-order valence-corrected chi connectivity index (χ3v) is 10.3. The Kier molecular flexibility index (Phi) is 6.70. The van der Waals surface area contributed by atoms with Gasteiger partial charge in [-0.15, -0.1) is 11.3 Å². The van der Waals surface area contributed by atoms with Gasteiger partial charge >= 0.3 is 0 Å². The summed E-state index contributed by atoms with van der Waals surface area (Å²) in [7, 11) is 0. The van der Waals surface area contributed by atoms with Crippen molar-refractivity contribution >= 4 is 48.6 Å². The number of fused-ring (bicyclic) bond motifs is 3. The summed E-state index contributed by atoms with van der Waals surface area (Å²) >= 11 is 1.70. The minimum absolute atomic E-state index is 0.0874. The molecule has 9 aromatic rings. The molecule has 0 saturated heterocycles. The van der Waals surface area contributed by atoms with Gasteiger partial charge in [0.25, 0.3) is 0 Å². The van der Waals surface area contributed by atoms with Crippen LogP contribution in [0.5, 0.6) is 0 Å². The molecule has 0 aliphatic rings. The molecule has 0 unspecified atom stereocenters. The zero-order valence-corrected chi connectivity index (χ0v) is 27.9. The van der Waals surface area contributed by atoms with E-state index in [1.165, 1.54) is 10.1 Å². The summed E-state index contributed by atoms with van der Waals surface area (Å²) < 4.78 is 40.3. The lowest BCUT2D eigenvalue weighted by molar-refractivity contribution is 1.29. The lowest BCUT2D eigenvalue weighted by Crippen LogP contribution is -2.12.